The number of epoxide rings is 1. The lowest BCUT2D eigenvalue weighted by Gasteiger charge is -2.65. The molecule has 194 valence electrons. The molecule has 0 aromatic rings. The Hall–Kier alpha value is -2.30. The number of aliphatic hydroxyl groups excluding tert-OH is 1. The second kappa shape index (κ2) is 6.39. The number of ketones is 1. The highest BCUT2D eigenvalue weighted by Gasteiger charge is 2.90. The van der Waals surface area contributed by atoms with Crippen LogP contribution in [0.5, 0.6) is 0 Å². The first-order valence-corrected chi connectivity index (χ1v) is 12.7. The molecule has 2 spiro atoms. The number of esters is 3. The van der Waals surface area contributed by atoms with Gasteiger partial charge in [0.05, 0.1) is 23.5 Å². The number of hydrogen-bond donors (Lipinski definition) is 1. The first-order valence-electron chi connectivity index (χ1n) is 12.7. The summed E-state index contributed by atoms with van der Waals surface area (Å²) in [4.78, 5) is 51.7. The van der Waals surface area contributed by atoms with Gasteiger partial charge in [0.15, 0.2) is 6.10 Å². The Kier molecular flexibility index (Phi) is 4.06. The molecule has 10 nitrogen and oxygen atoms in total. The molecular formula is C26H30O10. The quantitative estimate of drug-likeness (QED) is 0.314. The largest absolute Gasteiger partial charge is 0.465 e. The lowest BCUT2D eigenvalue weighted by molar-refractivity contribution is -0.223. The molecule has 0 radical (unpaired) electrons. The summed E-state index contributed by atoms with van der Waals surface area (Å²) >= 11 is 0. The zero-order chi connectivity index (χ0) is 25.6. The summed E-state index contributed by atoms with van der Waals surface area (Å²) in [7, 11) is 0. The molecule has 7 aliphatic rings. The zero-order valence-electron chi connectivity index (χ0n) is 20.7. The van der Waals surface area contributed by atoms with Crippen molar-refractivity contribution in [2.45, 2.75) is 89.2 Å². The van der Waals surface area contributed by atoms with E-state index in [0.29, 0.717) is 12.8 Å². The van der Waals surface area contributed by atoms with E-state index in [1.54, 1.807) is 0 Å². The number of carbonyl (C=O) groups is 4. The minimum atomic E-state index is -1.53. The van der Waals surface area contributed by atoms with E-state index in [9.17, 15) is 24.3 Å². The summed E-state index contributed by atoms with van der Waals surface area (Å²) in [5, 5.41) is 10.4. The average molecular weight is 503 g/mol. The fourth-order valence-electron chi connectivity index (χ4n) is 9.54. The predicted octanol–water partition coefficient (Wildman–Crippen LogP) is 0.973. The number of hydrogen-bond acceptors (Lipinski definition) is 10. The van der Waals surface area contributed by atoms with Crippen LogP contribution in [-0.2, 0) is 42.9 Å². The van der Waals surface area contributed by atoms with Crippen molar-refractivity contribution in [3.8, 4) is 0 Å². The highest BCUT2D eigenvalue weighted by molar-refractivity contribution is 5.94. The Morgan fingerprint density at radius 1 is 0.944 bits per heavy atom. The van der Waals surface area contributed by atoms with E-state index < -0.39 is 64.0 Å². The van der Waals surface area contributed by atoms with Crippen LogP contribution in [-0.4, -0.2) is 71.2 Å². The fraction of sp³-hybridized carbons (Fsp3) is 0.769. The van der Waals surface area contributed by atoms with Crippen LogP contribution in [0, 0.1) is 28.1 Å². The Labute approximate surface area is 207 Å². The maximum Gasteiger partial charge on any atom is 0.339 e. The van der Waals surface area contributed by atoms with Crippen molar-refractivity contribution in [2.24, 2.45) is 28.1 Å². The molecule has 0 aromatic carbocycles. The van der Waals surface area contributed by atoms with Crippen LogP contribution in [0.4, 0.5) is 0 Å². The maximum absolute atomic E-state index is 14.3. The van der Waals surface area contributed by atoms with Crippen LogP contribution in [0.2, 0.25) is 0 Å². The molecule has 10 heteroatoms. The van der Waals surface area contributed by atoms with Gasteiger partial charge in [0.25, 0.3) is 0 Å². The minimum Gasteiger partial charge on any atom is -0.465 e. The second-order valence-corrected chi connectivity index (χ2v) is 12.6. The topological polar surface area (TPSA) is 138 Å². The third-order valence-electron chi connectivity index (χ3n) is 11.0. The number of cyclic esters (lactones) is 3. The van der Waals surface area contributed by atoms with Crippen molar-refractivity contribution >= 4 is 23.7 Å². The van der Waals surface area contributed by atoms with Crippen LogP contribution in [0.15, 0.2) is 11.6 Å². The summed E-state index contributed by atoms with van der Waals surface area (Å²) in [5.41, 5.74) is -4.23. The van der Waals surface area contributed by atoms with E-state index in [1.807, 2.05) is 27.7 Å². The summed E-state index contributed by atoms with van der Waals surface area (Å²) in [6, 6.07) is 0. The number of ether oxygens (including phenoxy) is 5. The SMILES string of the molecule is CC1(C)O[C@H]2CC(=O)OC[C@]23[C@H]2CC[C@@]4(C)[C@H](C5=CC(=O)O[C@@H]5O)OC(=O)[C@H]5O[C@]54[C@]2(C)C(=O)C[C@@H]13. The Morgan fingerprint density at radius 2 is 1.69 bits per heavy atom. The molecule has 0 amide bonds. The Bertz CT molecular complexity index is 1170. The van der Waals surface area contributed by atoms with Gasteiger partial charge in [-0.2, -0.15) is 0 Å². The van der Waals surface area contributed by atoms with Crippen molar-refractivity contribution in [3.05, 3.63) is 11.6 Å². The van der Waals surface area contributed by atoms with Gasteiger partial charge >= 0.3 is 17.9 Å². The summed E-state index contributed by atoms with van der Waals surface area (Å²) in [6.45, 7) is 7.90. The fourth-order valence-corrected chi connectivity index (χ4v) is 9.54. The summed E-state index contributed by atoms with van der Waals surface area (Å²) in [6.07, 6.45) is -1.25. The molecule has 2 aliphatic carbocycles. The summed E-state index contributed by atoms with van der Waals surface area (Å²) in [5.74, 6) is -2.06. The molecule has 5 aliphatic heterocycles. The van der Waals surface area contributed by atoms with Crippen LogP contribution in [0.3, 0.4) is 0 Å². The van der Waals surface area contributed by atoms with Crippen LogP contribution >= 0.6 is 0 Å². The third kappa shape index (κ3) is 2.23. The van der Waals surface area contributed by atoms with E-state index in [1.165, 1.54) is 6.08 Å². The second-order valence-electron chi connectivity index (χ2n) is 12.6. The minimum absolute atomic E-state index is 0.00694. The molecule has 6 fully saturated rings. The Morgan fingerprint density at radius 3 is 2.39 bits per heavy atom. The van der Waals surface area contributed by atoms with Crippen molar-refractivity contribution in [1.29, 1.82) is 0 Å². The first kappa shape index (κ1) is 22.9. The number of carbonyl (C=O) groups excluding carboxylic acids is 4. The predicted molar refractivity (Wildman–Crippen MR) is 117 cm³/mol. The van der Waals surface area contributed by atoms with E-state index in [4.69, 9.17) is 23.7 Å². The number of rotatable bonds is 1. The standard InChI is InChI=1S/C26H30O10/c1-22(2)13-8-14(27)24(4)12(25(13)10-32-16(28)9-15(25)35-22)5-6-23(3)18(11-7-17(29)33-20(11)30)34-21(31)19-26(23,24)36-19/h7,12-13,15,18-20,30H,5-6,8-10H2,1-4H3/t12-,13-,15-,18-,19+,20-,23-,24-,25+,26+/m0/s1. The lowest BCUT2D eigenvalue weighted by Crippen LogP contribution is -2.74. The molecule has 1 N–H and O–H groups in total. The molecule has 2 saturated carbocycles. The van der Waals surface area contributed by atoms with Gasteiger partial charge in [-0.1, -0.05) is 6.92 Å². The van der Waals surface area contributed by atoms with Gasteiger partial charge < -0.3 is 28.8 Å². The number of fused-ring (bicyclic) bond motifs is 1. The van der Waals surface area contributed by atoms with E-state index in [2.05, 4.69) is 0 Å². The smallest absolute Gasteiger partial charge is 0.339 e. The molecule has 0 bridgehead atoms. The van der Waals surface area contributed by atoms with Crippen molar-refractivity contribution < 1.29 is 48.0 Å². The van der Waals surface area contributed by atoms with Crippen LogP contribution < -0.4 is 0 Å². The monoisotopic (exact) mass is 502 g/mol. The van der Waals surface area contributed by atoms with Gasteiger partial charge in [0.2, 0.25) is 6.29 Å². The highest BCUT2D eigenvalue weighted by atomic mass is 16.7. The van der Waals surface area contributed by atoms with E-state index in [0.717, 1.165) is 0 Å². The molecular weight excluding hydrogens is 472 g/mol. The maximum atomic E-state index is 14.3. The zero-order valence-corrected chi connectivity index (χ0v) is 20.7. The molecule has 36 heavy (non-hydrogen) atoms. The first-order chi connectivity index (χ1) is 16.8. The lowest BCUT2D eigenvalue weighted by atomic mass is 9.37. The Balaban J connectivity index is 1.39. The van der Waals surface area contributed by atoms with Gasteiger partial charge in [-0.25, -0.2) is 9.59 Å². The van der Waals surface area contributed by atoms with Crippen molar-refractivity contribution in [3.63, 3.8) is 0 Å². The van der Waals surface area contributed by atoms with Gasteiger partial charge in [0.1, 0.15) is 24.1 Å². The van der Waals surface area contributed by atoms with Crippen LogP contribution in [0.25, 0.3) is 0 Å². The summed E-state index contributed by atoms with van der Waals surface area (Å²) < 4.78 is 29.1. The van der Waals surface area contributed by atoms with Gasteiger partial charge in [-0.15, -0.1) is 0 Å². The molecule has 5 heterocycles. The van der Waals surface area contributed by atoms with E-state index in [-0.39, 0.29) is 48.6 Å². The third-order valence-corrected chi connectivity index (χ3v) is 11.0. The molecule has 0 unspecified atom stereocenters. The molecule has 4 saturated heterocycles. The molecule has 0 aromatic heterocycles. The van der Waals surface area contributed by atoms with Crippen molar-refractivity contribution in [2.75, 3.05) is 6.61 Å². The van der Waals surface area contributed by atoms with Gasteiger partial charge in [-0.05, 0) is 39.5 Å². The molecule has 7 rings (SSSR count). The van der Waals surface area contributed by atoms with E-state index >= 15 is 0 Å². The number of Topliss-reactive ketones (excluding diaryl/α,β-unsaturated/α-hetero) is 1. The highest BCUT2D eigenvalue weighted by Crippen LogP contribution is 2.78. The molecule has 10 atom stereocenters. The van der Waals surface area contributed by atoms with Crippen molar-refractivity contribution in [1.82, 2.24) is 0 Å². The normalized spacial score (nSPS) is 54.1. The average Bonchev–Trinajstić information content (AvgIpc) is 3.43. The van der Waals surface area contributed by atoms with Gasteiger partial charge in [0, 0.05) is 34.8 Å². The van der Waals surface area contributed by atoms with Crippen LogP contribution in [0.1, 0.15) is 53.4 Å². The number of aliphatic hydroxyl groups is 1. The van der Waals surface area contributed by atoms with Gasteiger partial charge in [-0.3, -0.25) is 9.59 Å².